The van der Waals surface area contributed by atoms with Gasteiger partial charge in [-0.1, -0.05) is 0 Å². The molecule has 2 rings (SSSR count). The van der Waals surface area contributed by atoms with Gasteiger partial charge in [0, 0.05) is 19.2 Å². The Balaban J connectivity index is 2.05. The molecule has 0 aliphatic carbocycles. The zero-order chi connectivity index (χ0) is 14.5. The lowest BCUT2D eigenvalue weighted by molar-refractivity contribution is -0.386. The number of hydrogen-bond acceptors (Lipinski definition) is 6. The first-order chi connectivity index (χ1) is 9.60. The largest absolute Gasteiger partial charge is 0.484 e. The summed E-state index contributed by atoms with van der Waals surface area (Å²) in [6.45, 7) is 2.47. The second-order valence-corrected chi connectivity index (χ2v) is 4.62. The molecule has 106 valence electrons. The molecule has 7 heteroatoms. The van der Waals surface area contributed by atoms with Crippen LogP contribution in [-0.2, 0) is 4.74 Å². The number of likely N-dealkylation sites (N-methyl/N-ethyl adjacent to an activating group) is 1. The number of nitriles is 1. The predicted octanol–water partition coefficient (Wildman–Crippen LogP) is 1.18. The Morgan fingerprint density at radius 3 is 3.10 bits per heavy atom. The topological polar surface area (TPSA) is 88.6 Å². The summed E-state index contributed by atoms with van der Waals surface area (Å²) in [5.74, 6) is 0.158. The van der Waals surface area contributed by atoms with Crippen LogP contribution >= 0.6 is 0 Å². The molecule has 1 aliphatic rings. The van der Waals surface area contributed by atoms with Crippen molar-refractivity contribution in [3.8, 4) is 11.8 Å². The number of nitro groups is 1. The van der Waals surface area contributed by atoms with Crippen LogP contribution in [0, 0.1) is 21.4 Å². The highest BCUT2D eigenvalue weighted by molar-refractivity contribution is 5.51. The molecule has 0 N–H and O–H groups in total. The number of hydrogen-bond donors (Lipinski definition) is 0. The van der Waals surface area contributed by atoms with Gasteiger partial charge in [-0.25, -0.2) is 0 Å². The van der Waals surface area contributed by atoms with Gasteiger partial charge in [-0.3, -0.25) is 10.1 Å². The fraction of sp³-hybridized carbons (Fsp3) is 0.462. The van der Waals surface area contributed by atoms with Crippen LogP contribution in [0.3, 0.4) is 0 Å². The minimum atomic E-state index is -0.552. The van der Waals surface area contributed by atoms with Crippen molar-refractivity contribution in [2.75, 3.05) is 33.4 Å². The zero-order valence-electron chi connectivity index (χ0n) is 11.1. The van der Waals surface area contributed by atoms with E-state index >= 15 is 0 Å². The highest BCUT2D eigenvalue weighted by Crippen LogP contribution is 2.28. The monoisotopic (exact) mass is 277 g/mol. The highest BCUT2D eigenvalue weighted by atomic mass is 16.6. The van der Waals surface area contributed by atoms with Gasteiger partial charge in [-0.15, -0.1) is 0 Å². The molecule has 0 radical (unpaired) electrons. The van der Waals surface area contributed by atoms with Crippen molar-refractivity contribution >= 4 is 5.69 Å². The van der Waals surface area contributed by atoms with Crippen molar-refractivity contribution < 1.29 is 14.4 Å². The van der Waals surface area contributed by atoms with E-state index < -0.39 is 4.92 Å². The van der Waals surface area contributed by atoms with Crippen LogP contribution in [-0.4, -0.2) is 49.3 Å². The molecule has 0 amide bonds. The Bertz CT molecular complexity index is 541. The molecule has 1 heterocycles. The molecule has 1 aromatic carbocycles. The first kappa shape index (κ1) is 14.2. The van der Waals surface area contributed by atoms with Gasteiger partial charge in [0.15, 0.2) is 5.75 Å². The van der Waals surface area contributed by atoms with Crippen molar-refractivity contribution in [2.45, 2.75) is 6.10 Å². The molecule has 1 unspecified atom stereocenters. The van der Waals surface area contributed by atoms with Gasteiger partial charge in [0.1, 0.15) is 12.7 Å². The van der Waals surface area contributed by atoms with Crippen LogP contribution in [0.25, 0.3) is 0 Å². The summed E-state index contributed by atoms with van der Waals surface area (Å²) in [7, 11) is 1.99. The van der Waals surface area contributed by atoms with Crippen LogP contribution < -0.4 is 4.74 Å². The number of nitrogens with zero attached hydrogens (tertiary/aromatic N) is 3. The molecule has 1 aromatic rings. The lowest BCUT2D eigenvalue weighted by Crippen LogP contribution is -2.42. The van der Waals surface area contributed by atoms with Gasteiger partial charge in [0.05, 0.1) is 23.2 Å². The van der Waals surface area contributed by atoms with E-state index in [9.17, 15) is 10.1 Å². The van der Waals surface area contributed by atoms with Gasteiger partial charge < -0.3 is 14.4 Å². The van der Waals surface area contributed by atoms with Crippen molar-refractivity contribution in [2.24, 2.45) is 0 Å². The van der Waals surface area contributed by atoms with E-state index in [-0.39, 0.29) is 29.7 Å². The Kier molecular flexibility index (Phi) is 4.50. The molecular formula is C13H15N3O4. The average molecular weight is 277 g/mol. The van der Waals surface area contributed by atoms with Crippen LogP contribution in [0.15, 0.2) is 18.2 Å². The third-order valence-corrected chi connectivity index (χ3v) is 3.05. The second-order valence-electron chi connectivity index (χ2n) is 4.62. The standard InChI is InChI=1S/C13H15N3O4/c1-15-4-5-19-11(8-15)9-20-13-3-2-10(7-14)6-12(13)16(17)18/h2-3,6,11H,4-5,8-9H2,1H3. The first-order valence-corrected chi connectivity index (χ1v) is 6.21. The molecule has 0 bridgehead atoms. The zero-order valence-corrected chi connectivity index (χ0v) is 11.1. The van der Waals surface area contributed by atoms with E-state index in [4.69, 9.17) is 14.7 Å². The molecule has 1 aliphatic heterocycles. The number of morpholine rings is 1. The Labute approximate surface area is 116 Å². The summed E-state index contributed by atoms with van der Waals surface area (Å²) in [5, 5.41) is 19.7. The first-order valence-electron chi connectivity index (χ1n) is 6.21. The fourth-order valence-electron chi connectivity index (χ4n) is 2.00. The van der Waals surface area contributed by atoms with Crippen LogP contribution in [0.1, 0.15) is 5.56 Å². The van der Waals surface area contributed by atoms with Crippen LogP contribution in [0.2, 0.25) is 0 Å². The second kappa shape index (κ2) is 6.32. The average Bonchev–Trinajstić information content (AvgIpc) is 2.45. The Morgan fingerprint density at radius 2 is 2.45 bits per heavy atom. The summed E-state index contributed by atoms with van der Waals surface area (Å²) in [6.07, 6.45) is -0.107. The van der Waals surface area contributed by atoms with E-state index in [2.05, 4.69) is 4.90 Å². The minimum absolute atomic E-state index is 0.107. The lowest BCUT2D eigenvalue weighted by atomic mass is 10.2. The summed E-state index contributed by atoms with van der Waals surface area (Å²) in [6, 6.07) is 6.02. The fourth-order valence-corrected chi connectivity index (χ4v) is 2.00. The normalized spacial score (nSPS) is 19.3. The summed E-state index contributed by atoms with van der Waals surface area (Å²) < 4.78 is 11.0. The summed E-state index contributed by atoms with van der Waals surface area (Å²) >= 11 is 0. The smallest absolute Gasteiger partial charge is 0.312 e. The Morgan fingerprint density at radius 1 is 1.65 bits per heavy atom. The van der Waals surface area contributed by atoms with Crippen LogP contribution in [0.4, 0.5) is 5.69 Å². The van der Waals surface area contributed by atoms with Crippen molar-refractivity contribution in [3.63, 3.8) is 0 Å². The number of benzene rings is 1. The predicted molar refractivity (Wildman–Crippen MR) is 70.5 cm³/mol. The van der Waals surface area contributed by atoms with Gasteiger partial charge in [-0.2, -0.15) is 5.26 Å². The summed E-state index contributed by atoms with van der Waals surface area (Å²) in [5.41, 5.74) is 0.0333. The van der Waals surface area contributed by atoms with Gasteiger partial charge >= 0.3 is 5.69 Å². The number of rotatable bonds is 4. The van der Waals surface area contributed by atoms with E-state index in [1.807, 2.05) is 13.1 Å². The molecule has 1 atom stereocenters. The molecule has 20 heavy (non-hydrogen) atoms. The molecule has 0 aromatic heterocycles. The van der Waals surface area contributed by atoms with Gasteiger partial charge in [0.2, 0.25) is 0 Å². The minimum Gasteiger partial charge on any atom is -0.484 e. The maximum atomic E-state index is 11.0. The lowest BCUT2D eigenvalue weighted by Gasteiger charge is -2.29. The van der Waals surface area contributed by atoms with Gasteiger partial charge in [-0.05, 0) is 19.2 Å². The van der Waals surface area contributed by atoms with Crippen molar-refractivity contribution in [3.05, 3.63) is 33.9 Å². The molecule has 0 saturated carbocycles. The molecule has 1 saturated heterocycles. The quantitative estimate of drug-likeness (QED) is 0.606. The molecule has 0 spiro atoms. The third-order valence-electron chi connectivity index (χ3n) is 3.05. The number of ether oxygens (including phenoxy) is 2. The van der Waals surface area contributed by atoms with E-state index in [1.54, 1.807) is 0 Å². The van der Waals surface area contributed by atoms with Crippen LogP contribution in [0.5, 0.6) is 5.75 Å². The summed E-state index contributed by atoms with van der Waals surface area (Å²) in [4.78, 5) is 12.5. The third kappa shape index (κ3) is 3.44. The van der Waals surface area contributed by atoms with Crippen molar-refractivity contribution in [1.82, 2.24) is 4.90 Å². The van der Waals surface area contributed by atoms with Gasteiger partial charge in [0.25, 0.3) is 0 Å². The van der Waals surface area contributed by atoms with E-state index in [0.29, 0.717) is 6.61 Å². The molecular weight excluding hydrogens is 262 g/mol. The number of nitro benzene ring substituents is 1. The van der Waals surface area contributed by atoms with E-state index in [0.717, 1.165) is 13.1 Å². The molecule has 1 fully saturated rings. The van der Waals surface area contributed by atoms with Crippen molar-refractivity contribution in [1.29, 1.82) is 5.26 Å². The highest BCUT2D eigenvalue weighted by Gasteiger charge is 2.21. The SMILES string of the molecule is CN1CCOC(COc2ccc(C#N)cc2[N+](=O)[O-])C1. The maximum Gasteiger partial charge on any atom is 0.312 e. The maximum absolute atomic E-state index is 11.0. The Hall–Kier alpha value is -2.17. The van der Waals surface area contributed by atoms with E-state index in [1.165, 1.54) is 18.2 Å². The molecule has 7 nitrogen and oxygen atoms in total.